The zero-order valence-electron chi connectivity index (χ0n) is 13.9. The molecule has 24 heavy (non-hydrogen) atoms. The van der Waals surface area contributed by atoms with Crippen LogP contribution in [0.2, 0.25) is 0 Å². The molecule has 0 amide bonds. The number of hydrogen-bond acceptors (Lipinski definition) is 0. The molecule has 4 rings (SSSR count). The third kappa shape index (κ3) is 5.38. The first-order chi connectivity index (χ1) is 10.3. The van der Waals surface area contributed by atoms with Gasteiger partial charge < -0.3 is 24.8 Å². The Hall–Kier alpha value is -0.747. The van der Waals surface area contributed by atoms with Gasteiger partial charge >= 0.3 is 26.2 Å². The molecule has 1 aliphatic carbocycles. The van der Waals surface area contributed by atoms with Crippen molar-refractivity contribution in [3.63, 3.8) is 0 Å². The summed E-state index contributed by atoms with van der Waals surface area (Å²) in [7, 11) is 0. The second-order valence-corrected chi connectivity index (χ2v) is 5.71. The van der Waals surface area contributed by atoms with Crippen molar-refractivity contribution in [3.05, 3.63) is 78.4 Å². The fourth-order valence-electron chi connectivity index (χ4n) is 2.72. The molecule has 0 radical (unpaired) electrons. The van der Waals surface area contributed by atoms with E-state index in [0.717, 1.165) is 6.42 Å². The molecule has 0 nitrogen and oxygen atoms in total. The molecule has 3 aromatic rings. The van der Waals surface area contributed by atoms with E-state index in [1.165, 1.54) is 27.1 Å². The molecule has 0 unspecified atom stereocenters. The maximum absolute atomic E-state index is 3.26. The molecule has 0 N–H and O–H groups in total. The van der Waals surface area contributed by atoms with Crippen molar-refractivity contribution in [3.8, 4) is 0 Å². The monoisotopic (exact) mass is 432 g/mol. The van der Waals surface area contributed by atoms with Crippen molar-refractivity contribution in [2.75, 3.05) is 0 Å². The zero-order chi connectivity index (χ0) is 14.7. The summed E-state index contributed by atoms with van der Waals surface area (Å²) in [5.74, 6) is 0.661. The van der Waals surface area contributed by atoms with Gasteiger partial charge in [0.25, 0.3) is 0 Å². The van der Waals surface area contributed by atoms with Gasteiger partial charge in [0.15, 0.2) is 0 Å². The Morgan fingerprint density at radius 2 is 1.38 bits per heavy atom. The number of rotatable bonds is 1. The summed E-state index contributed by atoms with van der Waals surface area (Å²) < 4.78 is 0. The Labute approximate surface area is 176 Å². The number of benzene rings is 2. The Kier molecular flexibility index (Phi) is 10.6. The predicted octanol–water partition coefficient (Wildman–Crippen LogP) is 0.0493. The predicted molar refractivity (Wildman–Crippen MR) is 92.4 cm³/mol. The molecule has 0 bridgehead atoms. The molecule has 3 heteroatoms. The second-order valence-electron chi connectivity index (χ2n) is 5.71. The van der Waals surface area contributed by atoms with E-state index in [1.54, 1.807) is 0 Å². The van der Waals surface area contributed by atoms with Gasteiger partial charge in [0.05, 0.1) is 0 Å². The quantitative estimate of drug-likeness (QED) is 0.475. The third-order valence-electron chi connectivity index (χ3n) is 3.87. The summed E-state index contributed by atoms with van der Waals surface area (Å²) in [6.45, 7) is 4.38. The average Bonchev–Trinajstić information content (AvgIpc) is 3.15. The molecular formula is C21H20Cl2Zr. The summed E-state index contributed by atoms with van der Waals surface area (Å²) in [5.41, 5.74) is 1.37. The van der Waals surface area contributed by atoms with E-state index in [4.69, 9.17) is 0 Å². The molecule has 0 saturated carbocycles. The van der Waals surface area contributed by atoms with Crippen molar-refractivity contribution >= 4 is 21.5 Å². The SMILES string of the molecule is CC(C)C1=[C-]CC=C1.[Cl-].[Cl-].[Zr+4].c1ccc2c(c1)[cH-]c1ccccc12. The van der Waals surface area contributed by atoms with Crippen LogP contribution in [0.4, 0.5) is 0 Å². The Morgan fingerprint density at radius 1 is 0.875 bits per heavy atom. The molecule has 0 fully saturated rings. The Morgan fingerprint density at radius 3 is 1.75 bits per heavy atom. The Bertz CT molecular complexity index is 762. The molecule has 0 atom stereocenters. The molecule has 0 aliphatic heterocycles. The van der Waals surface area contributed by atoms with Crippen LogP contribution in [0, 0.1) is 12.0 Å². The summed E-state index contributed by atoms with van der Waals surface area (Å²) in [5, 5.41) is 5.39. The number of hydrogen-bond donors (Lipinski definition) is 0. The zero-order valence-corrected chi connectivity index (χ0v) is 17.9. The molecule has 0 heterocycles. The molecule has 0 spiro atoms. The van der Waals surface area contributed by atoms with Crippen molar-refractivity contribution in [2.45, 2.75) is 20.3 Å². The van der Waals surface area contributed by atoms with Gasteiger partial charge in [0.2, 0.25) is 0 Å². The van der Waals surface area contributed by atoms with Crippen LogP contribution in [0.15, 0.2) is 72.3 Å². The van der Waals surface area contributed by atoms with Crippen molar-refractivity contribution in [1.82, 2.24) is 0 Å². The van der Waals surface area contributed by atoms with Crippen LogP contribution in [-0.4, -0.2) is 0 Å². The van der Waals surface area contributed by atoms with Gasteiger partial charge in [0, 0.05) is 0 Å². The van der Waals surface area contributed by atoms with E-state index in [-0.39, 0.29) is 51.0 Å². The summed E-state index contributed by atoms with van der Waals surface area (Å²) in [4.78, 5) is 0. The van der Waals surface area contributed by atoms with E-state index in [9.17, 15) is 0 Å². The molecule has 1 aliphatic rings. The van der Waals surface area contributed by atoms with Gasteiger partial charge in [-0.05, 0) is 0 Å². The van der Waals surface area contributed by atoms with E-state index < -0.39 is 0 Å². The first-order valence-corrected chi connectivity index (χ1v) is 7.56. The minimum absolute atomic E-state index is 0. The van der Waals surface area contributed by atoms with Crippen LogP contribution in [-0.2, 0) is 26.2 Å². The number of halogens is 2. The largest absolute Gasteiger partial charge is 4.00 e. The standard InChI is InChI=1S/C13H9.C8H11.2ClH.Zr/c1-3-7-12-10(5-1)9-11-6-2-4-8-13(11)12;1-7(2)8-5-3-4-6-8;;;/h1-9H;3,5,7H,4H2,1-2H3;2*1H;/q2*-1;;;+4/p-2. The average molecular weight is 435 g/mol. The van der Waals surface area contributed by atoms with Gasteiger partial charge in [-0.2, -0.15) is 6.08 Å². The van der Waals surface area contributed by atoms with Crippen molar-refractivity contribution in [1.29, 1.82) is 0 Å². The van der Waals surface area contributed by atoms with Crippen LogP contribution in [0.3, 0.4) is 0 Å². The summed E-state index contributed by atoms with van der Waals surface area (Å²) >= 11 is 0. The fraction of sp³-hybridized carbons (Fsp3) is 0.190. The number of fused-ring (bicyclic) bond motifs is 3. The minimum Gasteiger partial charge on any atom is -1.00 e. The molecular weight excluding hydrogens is 414 g/mol. The fourth-order valence-corrected chi connectivity index (χ4v) is 2.72. The summed E-state index contributed by atoms with van der Waals surface area (Å²) in [6.07, 6.45) is 8.59. The van der Waals surface area contributed by atoms with Gasteiger partial charge in [-0.15, -0.1) is 46.2 Å². The van der Waals surface area contributed by atoms with Gasteiger partial charge in [0.1, 0.15) is 0 Å². The van der Waals surface area contributed by atoms with E-state index in [0.29, 0.717) is 5.92 Å². The Balaban J connectivity index is 0.000000429. The van der Waals surface area contributed by atoms with E-state index in [2.05, 4.69) is 86.7 Å². The van der Waals surface area contributed by atoms with Crippen LogP contribution in [0.1, 0.15) is 20.3 Å². The maximum Gasteiger partial charge on any atom is 4.00 e. The first-order valence-electron chi connectivity index (χ1n) is 7.56. The number of allylic oxidation sites excluding steroid dienone is 4. The minimum atomic E-state index is 0. The maximum atomic E-state index is 3.26. The van der Waals surface area contributed by atoms with Crippen molar-refractivity contribution < 1.29 is 51.0 Å². The summed E-state index contributed by atoms with van der Waals surface area (Å²) in [6, 6.07) is 19.3. The molecule has 3 aromatic carbocycles. The van der Waals surface area contributed by atoms with Gasteiger partial charge in [-0.3, -0.25) is 6.08 Å². The first kappa shape index (κ1) is 23.3. The molecule has 0 saturated heterocycles. The molecule has 0 aromatic heterocycles. The smallest absolute Gasteiger partial charge is 1.00 e. The van der Waals surface area contributed by atoms with E-state index in [1.807, 2.05) is 0 Å². The van der Waals surface area contributed by atoms with Gasteiger partial charge in [-0.25, -0.2) is 11.6 Å². The molecule has 122 valence electrons. The van der Waals surface area contributed by atoms with E-state index >= 15 is 0 Å². The third-order valence-corrected chi connectivity index (χ3v) is 3.87. The van der Waals surface area contributed by atoms with Crippen LogP contribution in [0.25, 0.3) is 21.5 Å². The van der Waals surface area contributed by atoms with Crippen LogP contribution in [0.5, 0.6) is 0 Å². The second kappa shape index (κ2) is 11.0. The van der Waals surface area contributed by atoms with Crippen LogP contribution < -0.4 is 24.8 Å². The van der Waals surface area contributed by atoms with Crippen molar-refractivity contribution in [2.24, 2.45) is 5.92 Å². The van der Waals surface area contributed by atoms with Crippen LogP contribution >= 0.6 is 0 Å². The normalized spacial score (nSPS) is 11.9. The topological polar surface area (TPSA) is 0 Å². The van der Waals surface area contributed by atoms with Gasteiger partial charge in [-0.1, -0.05) is 56.2 Å².